The van der Waals surface area contributed by atoms with Gasteiger partial charge in [-0.05, 0) is 67.8 Å². The summed E-state index contributed by atoms with van der Waals surface area (Å²) in [6, 6.07) is 9.27. The molecule has 2 rings (SSSR count). The van der Waals surface area contributed by atoms with Crippen molar-refractivity contribution in [3.05, 3.63) is 63.7 Å². The van der Waals surface area contributed by atoms with Gasteiger partial charge in [0.2, 0.25) is 15.8 Å². The van der Waals surface area contributed by atoms with Gasteiger partial charge in [-0.1, -0.05) is 17.7 Å². The number of carbonyl (C=O) groups is 2. The van der Waals surface area contributed by atoms with Crippen LogP contribution in [0.3, 0.4) is 0 Å². The first kappa shape index (κ1) is 22.1. The van der Waals surface area contributed by atoms with E-state index in [1.165, 1.54) is 31.3 Å². The SMILES string of the molecule is Cc1cc(C)c(C(=O)COC(=O)CN(C)S(=O)(=O)c2ccc(Cl)cc2)cc1C. The molecule has 0 aliphatic carbocycles. The number of rotatable bonds is 7. The molecule has 0 saturated heterocycles. The molecule has 0 N–H and O–H groups in total. The lowest BCUT2D eigenvalue weighted by Crippen LogP contribution is -2.33. The summed E-state index contributed by atoms with van der Waals surface area (Å²) in [7, 11) is -2.61. The van der Waals surface area contributed by atoms with Crippen LogP contribution in [-0.4, -0.2) is 44.7 Å². The largest absolute Gasteiger partial charge is 0.456 e. The number of nitrogens with zero attached hydrogens (tertiary/aromatic N) is 1. The second-order valence-corrected chi connectivity index (χ2v) is 9.03. The van der Waals surface area contributed by atoms with Gasteiger partial charge in [0, 0.05) is 17.6 Å². The van der Waals surface area contributed by atoms with E-state index in [9.17, 15) is 18.0 Å². The minimum atomic E-state index is -3.87. The topological polar surface area (TPSA) is 80.8 Å². The Morgan fingerprint density at radius 2 is 1.57 bits per heavy atom. The smallest absolute Gasteiger partial charge is 0.321 e. The van der Waals surface area contributed by atoms with Gasteiger partial charge < -0.3 is 4.74 Å². The maximum absolute atomic E-state index is 12.5. The van der Waals surface area contributed by atoms with Crippen LogP contribution >= 0.6 is 11.6 Å². The number of carbonyl (C=O) groups excluding carboxylic acids is 2. The van der Waals surface area contributed by atoms with E-state index in [0.717, 1.165) is 21.0 Å². The number of halogens is 1. The molecule has 0 aliphatic rings. The minimum Gasteiger partial charge on any atom is -0.456 e. The van der Waals surface area contributed by atoms with E-state index in [-0.39, 0.29) is 10.7 Å². The summed E-state index contributed by atoms with van der Waals surface area (Å²) in [5.41, 5.74) is 3.32. The summed E-state index contributed by atoms with van der Waals surface area (Å²) in [6.45, 7) is 4.71. The Morgan fingerprint density at radius 1 is 1.00 bits per heavy atom. The molecule has 0 atom stereocenters. The van der Waals surface area contributed by atoms with Gasteiger partial charge in [0.25, 0.3) is 0 Å². The molecule has 150 valence electrons. The minimum absolute atomic E-state index is 0.00836. The second kappa shape index (κ2) is 8.86. The number of Topliss-reactive ketones (excluding diaryl/α,β-unsaturated/α-hetero) is 1. The summed E-state index contributed by atoms with van der Waals surface area (Å²) < 4.78 is 30.8. The fraction of sp³-hybridized carbons (Fsp3) is 0.300. The van der Waals surface area contributed by atoms with Crippen LogP contribution in [0.15, 0.2) is 41.3 Å². The number of ketones is 1. The molecule has 2 aromatic rings. The van der Waals surface area contributed by atoms with Gasteiger partial charge in [0.15, 0.2) is 6.61 Å². The van der Waals surface area contributed by atoms with Crippen LogP contribution < -0.4 is 0 Å². The van der Waals surface area contributed by atoms with E-state index in [2.05, 4.69) is 0 Å². The Bertz CT molecular complexity index is 1000. The summed E-state index contributed by atoms with van der Waals surface area (Å²) in [4.78, 5) is 24.4. The van der Waals surface area contributed by atoms with Crippen molar-refractivity contribution >= 4 is 33.4 Å². The number of esters is 1. The normalized spacial score (nSPS) is 11.5. The monoisotopic (exact) mass is 423 g/mol. The van der Waals surface area contributed by atoms with Gasteiger partial charge >= 0.3 is 5.97 Å². The number of hydrogen-bond acceptors (Lipinski definition) is 5. The van der Waals surface area contributed by atoms with Gasteiger partial charge in [0.1, 0.15) is 6.54 Å². The molecule has 0 unspecified atom stereocenters. The fourth-order valence-electron chi connectivity index (χ4n) is 2.58. The first-order valence-corrected chi connectivity index (χ1v) is 10.3. The number of likely N-dealkylation sites (N-methyl/N-ethyl adjacent to an activating group) is 1. The summed E-state index contributed by atoms with van der Waals surface area (Å²) in [5, 5.41) is 0.404. The predicted molar refractivity (Wildman–Crippen MR) is 107 cm³/mol. The zero-order valence-electron chi connectivity index (χ0n) is 16.2. The molecular weight excluding hydrogens is 402 g/mol. The van der Waals surface area contributed by atoms with Gasteiger partial charge in [-0.2, -0.15) is 4.31 Å². The van der Waals surface area contributed by atoms with E-state index in [1.54, 1.807) is 6.07 Å². The number of ether oxygens (including phenoxy) is 1. The average Bonchev–Trinajstić information content (AvgIpc) is 2.63. The lowest BCUT2D eigenvalue weighted by atomic mass is 9.98. The molecule has 0 radical (unpaired) electrons. The maximum Gasteiger partial charge on any atom is 0.321 e. The first-order valence-electron chi connectivity index (χ1n) is 8.51. The molecule has 0 fully saturated rings. The highest BCUT2D eigenvalue weighted by Gasteiger charge is 2.24. The van der Waals surface area contributed by atoms with Crippen LogP contribution in [0.2, 0.25) is 5.02 Å². The highest BCUT2D eigenvalue weighted by Crippen LogP contribution is 2.18. The van der Waals surface area contributed by atoms with Crippen LogP contribution in [-0.2, 0) is 19.6 Å². The highest BCUT2D eigenvalue weighted by atomic mass is 35.5. The average molecular weight is 424 g/mol. The summed E-state index contributed by atoms with van der Waals surface area (Å²) in [5.74, 6) is -1.15. The van der Waals surface area contributed by atoms with E-state index in [1.807, 2.05) is 26.8 Å². The van der Waals surface area contributed by atoms with Crippen molar-refractivity contribution in [2.45, 2.75) is 25.7 Å². The predicted octanol–water partition coefficient (Wildman–Crippen LogP) is 3.31. The molecular formula is C20H22ClNO5S. The van der Waals surface area contributed by atoms with E-state index >= 15 is 0 Å². The fourth-order valence-corrected chi connectivity index (χ4v) is 3.82. The number of hydrogen-bond donors (Lipinski definition) is 0. The Morgan fingerprint density at radius 3 is 2.18 bits per heavy atom. The zero-order chi connectivity index (χ0) is 21.1. The molecule has 0 heterocycles. The first-order chi connectivity index (χ1) is 13.0. The highest BCUT2D eigenvalue weighted by molar-refractivity contribution is 7.89. The Labute approximate surface area is 170 Å². The van der Waals surface area contributed by atoms with Crippen molar-refractivity contribution in [3.63, 3.8) is 0 Å². The maximum atomic E-state index is 12.5. The van der Waals surface area contributed by atoms with Crippen molar-refractivity contribution in [2.75, 3.05) is 20.2 Å². The van der Waals surface area contributed by atoms with Crippen LogP contribution in [0.1, 0.15) is 27.0 Å². The zero-order valence-corrected chi connectivity index (χ0v) is 17.7. The van der Waals surface area contributed by atoms with Crippen LogP contribution in [0.25, 0.3) is 0 Å². The Balaban J connectivity index is 1.99. The van der Waals surface area contributed by atoms with Crippen LogP contribution in [0.5, 0.6) is 0 Å². The second-order valence-electron chi connectivity index (χ2n) is 6.55. The molecule has 0 saturated carbocycles. The third-order valence-corrected chi connectivity index (χ3v) is 6.45. The van der Waals surface area contributed by atoms with Crippen LogP contribution in [0, 0.1) is 20.8 Å². The molecule has 8 heteroatoms. The molecule has 0 aromatic heterocycles. The Kier molecular flexibility index (Phi) is 6.98. The van der Waals surface area contributed by atoms with E-state index in [4.69, 9.17) is 16.3 Å². The van der Waals surface area contributed by atoms with Crippen molar-refractivity contribution < 1.29 is 22.7 Å². The van der Waals surface area contributed by atoms with E-state index < -0.39 is 29.1 Å². The lowest BCUT2D eigenvalue weighted by Gasteiger charge is -2.16. The third kappa shape index (κ3) is 5.19. The Hall–Kier alpha value is -2.22. The van der Waals surface area contributed by atoms with E-state index in [0.29, 0.717) is 10.6 Å². The molecule has 0 bridgehead atoms. The van der Waals surface area contributed by atoms with Gasteiger partial charge in [-0.15, -0.1) is 0 Å². The molecule has 6 nitrogen and oxygen atoms in total. The van der Waals surface area contributed by atoms with Crippen molar-refractivity contribution in [3.8, 4) is 0 Å². The van der Waals surface area contributed by atoms with Crippen molar-refractivity contribution in [2.24, 2.45) is 0 Å². The third-order valence-electron chi connectivity index (χ3n) is 4.38. The number of benzene rings is 2. The summed E-state index contributed by atoms with van der Waals surface area (Å²) in [6.07, 6.45) is 0. The molecule has 0 spiro atoms. The van der Waals surface area contributed by atoms with Crippen molar-refractivity contribution in [1.29, 1.82) is 0 Å². The number of aryl methyl sites for hydroxylation is 3. The van der Waals surface area contributed by atoms with Gasteiger partial charge in [-0.25, -0.2) is 8.42 Å². The standard InChI is InChI=1S/C20H22ClNO5S/c1-13-9-15(3)18(10-14(13)2)19(23)12-27-20(24)11-22(4)28(25,26)17-7-5-16(21)6-8-17/h5-10H,11-12H2,1-4H3. The van der Waals surface area contributed by atoms with Gasteiger partial charge in [-0.3, -0.25) is 9.59 Å². The molecule has 0 aliphatic heterocycles. The van der Waals surface area contributed by atoms with Gasteiger partial charge in [0.05, 0.1) is 4.90 Å². The molecule has 2 aromatic carbocycles. The quantitative estimate of drug-likeness (QED) is 0.504. The lowest BCUT2D eigenvalue weighted by molar-refractivity contribution is -0.142. The molecule has 0 amide bonds. The molecule has 28 heavy (non-hydrogen) atoms. The summed E-state index contributed by atoms with van der Waals surface area (Å²) >= 11 is 5.76. The van der Waals surface area contributed by atoms with Crippen molar-refractivity contribution in [1.82, 2.24) is 4.31 Å². The number of sulfonamides is 1. The van der Waals surface area contributed by atoms with Crippen LogP contribution in [0.4, 0.5) is 0 Å².